The minimum atomic E-state index is -0.896. The SMILES string of the molecule is CCN1Cc2c(cccc2NCC(=O)O)CC1=O. The zero-order chi connectivity index (χ0) is 13.1. The molecule has 2 N–H and O–H groups in total. The molecular weight excluding hydrogens is 232 g/mol. The molecule has 0 aliphatic carbocycles. The Labute approximate surface area is 105 Å². The fourth-order valence-electron chi connectivity index (χ4n) is 2.17. The van der Waals surface area contributed by atoms with Crippen molar-refractivity contribution in [3.63, 3.8) is 0 Å². The second-order valence-electron chi connectivity index (χ2n) is 4.28. The molecule has 96 valence electrons. The van der Waals surface area contributed by atoms with E-state index in [1.165, 1.54) is 0 Å². The Kier molecular flexibility index (Phi) is 3.50. The number of hydrogen-bond donors (Lipinski definition) is 2. The second-order valence-corrected chi connectivity index (χ2v) is 4.28. The summed E-state index contributed by atoms with van der Waals surface area (Å²) in [4.78, 5) is 24.1. The number of nitrogens with one attached hydrogen (secondary N) is 1. The van der Waals surface area contributed by atoms with Crippen molar-refractivity contribution in [2.75, 3.05) is 18.4 Å². The maximum atomic E-state index is 11.8. The first-order valence-corrected chi connectivity index (χ1v) is 5.96. The predicted molar refractivity (Wildman–Crippen MR) is 67.4 cm³/mol. The molecular formula is C13H16N2O3. The Morgan fingerprint density at radius 3 is 2.94 bits per heavy atom. The molecule has 1 aliphatic rings. The minimum Gasteiger partial charge on any atom is -0.480 e. The number of carbonyl (C=O) groups is 2. The number of carboxylic acids is 1. The minimum absolute atomic E-state index is 0.115. The van der Waals surface area contributed by atoms with Gasteiger partial charge in [0.1, 0.15) is 6.54 Å². The number of nitrogens with zero attached hydrogens (tertiary/aromatic N) is 1. The average Bonchev–Trinajstić information content (AvgIpc) is 2.35. The van der Waals surface area contributed by atoms with Gasteiger partial charge in [-0.25, -0.2) is 0 Å². The van der Waals surface area contributed by atoms with Gasteiger partial charge in [0.05, 0.1) is 6.42 Å². The predicted octanol–water partition coefficient (Wildman–Crippen LogP) is 1.09. The van der Waals surface area contributed by atoms with Gasteiger partial charge in [-0.3, -0.25) is 9.59 Å². The quantitative estimate of drug-likeness (QED) is 0.836. The van der Waals surface area contributed by atoms with Crippen molar-refractivity contribution in [2.45, 2.75) is 19.9 Å². The molecule has 2 rings (SSSR count). The van der Waals surface area contributed by atoms with E-state index in [1.807, 2.05) is 25.1 Å². The molecule has 0 aromatic heterocycles. The number of amides is 1. The number of rotatable bonds is 4. The highest BCUT2D eigenvalue weighted by Gasteiger charge is 2.23. The first-order valence-electron chi connectivity index (χ1n) is 5.96. The van der Waals surface area contributed by atoms with E-state index in [2.05, 4.69) is 5.32 Å². The fraction of sp³-hybridized carbons (Fsp3) is 0.385. The van der Waals surface area contributed by atoms with Crippen LogP contribution in [0.1, 0.15) is 18.1 Å². The van der Waals surface area contributed by atoms with Gasteiger partial charge < -0.3 is 15.3 Å². The second kappa shape index (κ2) is 5.08. The van der Waals surface area contributed by atoms with E-state index in [1.54, 1.807) is 4.90 Å². The van der Waals surface area contributed by atoms with Gasteiger partial charge in [0.15, 0.2) is 0 Å². The summed E-state index contributed by atoms with van der Waals surface area (Å²) in [5.74, 6) is -0.771. The van der Waals surface area contributed by atoms with Gasteiger partial charge in [-0.05, 0) is 24.1 Å². The summed E-state index contributed by atoms with van der Waals surface area (Å²) in [5, 5.41) is 11.6. The van der Waals surface area contributed by atoms with E-state index in [-0.39, 0.29) is 12.5 Å². The molecule has 5 nitrogen and oxygen atoms in total. The van der Waals surface area contributed by atoms with Gasteiger partial charge in [0.25, 0.3) is 0 Å². The molecule has 0 saturated heterocycles. The van der Waals surface area contributed by atoms with Gasteiger partial charge in [-0.2, -0.15) is 0 Å². The smallest absolute Gasteiger partial charge is 0.322 e. The van der Waals surface area contributed by atoms with Crippen LogP contribution in [0.5, 0.6) is 0 Å². The number of aliphatic carboxylic acids is 1. The molecule has 1 aliphatic heterocycles. The van der Waals surface area contributed by atoms with Crippen LogP contribution >= 0.6 is 0 Å². The molecule has 0 atom stereocenters. The van der Waals surface area contributed by atoms with E-state index in [0.717, 1.165) is 16.8 Å². The summed E-state index contributed by atoms with van der Waals surface area (Å²) in [7, 11) is 0. The largest absolute Gasteiger partial charge is 0.480 e. The van der Waals surface area contributed by atoms with Crippen molar-refractivity contribution in [2.24, 2.45) is 0 Å². The van der Waals surface area contributed by atoms with Gasteiger partial charge in [-0.15, -0.1) is 0 Å². The molecule has 1 aromatic rings. The maximum absolute atomic E-state index is 11.8. The lowest BCUT2D eigenvalue weighted by atomic mass is 9.97. The van der Waals surface area contributed by atoms with Crippen LogP contribution in [0.15, 0.2) is 18.2 Å². The van der Waals surface area contributed by atoms with Gasteiger partial charge in [0.2, 0.25) is 5.91 Å². The van der Waals surface area contributed by atoms with Crippen molar-refractivity contribution in [1.29, 1.82) is 0 Å². The zero-order valence-corrected chi connectivity index (χ0v) is 10.3. The van der Waals surface area contributed by atoms with Crippen LogP contribution in [-0.4, -0.2) is 35.0 Å². The Balaban J connectivity index is 2.26. The molecule has 0 saturated carbocycles. The van der Waals surface area contributed by atoms with Crippen molar-refractivity contribution in [3.05, 3.63) is 29.3 Å². The van der Waals surface area contributed by atoms with Crippen LogP contribution in [0.3, 0.4) is 0 Å². The molecule has 0 fully saturated rings. The lowest BCUT2D eigenvalue weighted by Gasteiger charge is -2.29. The number of benzene rings is 1. The third-order valence-electron chi connectivity index (χ3n) is 3.13. The Morgan fingerprint density at radius 2 is 2.28 bits per heavy atom. The highest BCUT2D eigenvalue weighted by molar-refractivity contribution is 5.82. The summed E-state index contributed by atoms with van der Waals surface area (Å²) in [6.45, 7) is 3.05. The van der Waals surface area contributed by atoms with Crippen molar-refractivity contribution in [1.82, 2.24) is 4.90 Å². The molecule has 1 amide bonds. The number of hydrogen-bond acceptors (Lipinski definition) is 3. The molecule has 0 unspecified atom stereocenters. The van der Waals surface area contributed by atoms with Crippen molar-refractivity contribution < 1.29 is 14.7 Å². The molecule has 0 spiro atoms. The van der Waals surface area contributed by atoms with Crippen LogP contribution in [0.2, 0.25) is 0 Å². The van der Waals surface area contributed by atoms with E-state index in [9.17, 15) is 9.59 Å². The Bertz CT molecular complexity index is 485. The zero-order valence-electron chi connectivity index (χ0n) is 10.3. The summed E-state index contributed by atoms with van der Waals surface area (Å²) in [5.41, 5.74) is 2.82. The summed E-state index contributed by atoms with van der Waals surface area (Å²) < 4.78 is 0. The Morgan fingerprint density at radius 1 is 1.50 bits per heavy atom. The monoisotopic (exact) mass is 248 g/mol. The third kappa shape index (κ3) is 2.45. The normalized spacial score (nSPS) is 14.3. The first-order chi connectivity index (χ1) is 8.61. The van der Waals surface area contributed by atoms with Crippen LogP contribution in [0, 0.1) is 0 Å². The molecule has 18 heavy (non-hydrogen) atoms. The summed E-state index contributed by atoms with van der Waals surface area (Å²) in [6, 6.07) is 5.62. The van der Waals surface area contributed by atoms with E-state index < -0.39 is 5.97 Å². The Hall–Kier alpha value is -2.04. The molecule has 1 aromatic carbocycles. The van der Waals surface area contributed by atoms with E-state index >= 15 is 0 Å². The van der Waals surface area contributed by atoms with Crippen LogP contribution in [0.25, 0.3) is 0 Å². The average molecular weight is 248 g/mol. The topological polar surface area (TPSA) is 69.6 Å². The van der Waals surface area contributed by atoms with Crippen molar-refractivity contribution in [3.8, 4) is 0 Å². The van der Waals surface area contributed by atoms with Crippen LogP contribution in [0.4, 0.5) is 5.69 Å². The van der Waals surface area contributed by atoms with Crippen molar-refractivity contribution >= 4 is 17.6 Å². The van der Waals surface area contributed by atoms with Gasteiger partial charge >= 0.3 is 5.97 Å². The summed E-state index contributed by atoms with van der Waals surface area (Å²) >= 11 is 0. The van der Waals surface area contributed by atoms with Gasteiger partial charge in [0, 0.05) is 18.8 Å². The standard InChI is InChI=1S/C13H16N2O3/c1-2-15-8-10-9(6-12(15)16)4-3-5-11(10)14-7-13(17)18/h3-5,14H,2,6-8H2,1H3,(H,17,18). The lowest BCUT2D eigenvalue weighted by Crippen LogP contribution is -2.36. The summed E-state index contributed by atoms with van der Waals surface area (Å²) in [6.07, 6.45) is 0.395. The van der Waals surface area contributed by atoms with E-state index in [0.29, 0.717) is 19.5 Å². The number of carboxylic acid groups (broad SMARTS) is 1. The van der Waals surface area contributed by atoms with Crippen LogP contribution < -0.4 is 5.32 Å². The third-order valence-corrected chi connectivity index (χ3v) is 3.13. The van der Waals surface area contributed by atoms with E-state index in [4.69, 9.17) is 5.11 Å². The lowest BCUT2D eigenvalue weighted by molar-refractivity contribution is -0.135. The molecule has 5 heteroatoms. The first kappa shape index (κ1) is 12.4. The fourth-order valence-corrected chi connectivity index (χ4v) is 2.17. The molecule has 1 heterocycles. The molecule has 0 bridgehead atoms. The van der Waals surface area contributed by atoms with Gasteiger partial charge in [-0.1, -0.05) is 12.1 Å². The maximum Gasteiger partial charge on any atom is 0.322 e. The number of likely N-dealkylation sites (N-methyl/N-ethyl adjacent to an activating group) is 1. The number of anilines is 1. The number of carbonyl (C=O) groups excluding carboxylic acids is 1. The highest BCUT2D eigenvalue weighted by Crippen LogP contribution is 2.26. The highest BCUT2D eigenvalue weighted by atomic mass is 16.4. The number of fused-ring (bicyclic) bond motifs is 1. The molecule has 0 radical (unpaired) electrons. The van der Waals surface area contributed by atoms with Crippen LogP contribution in [-0.2, 0) is 22.6 Å².